The molecule has 28 heavy (non-hydrogen) atoms. The van der Waals surface area contributed by atoms with Crippen molar-refractivity contribution in [3.05, 3.63) is 59.7 Å². The second-order valence-electron chi connectivity index (χ2n) is 6.79. The third kappa shape index (κ3) is 5.73. The number of nitrogens with one attached hydrogen (secondary N) is 1. The zero-order valence-electron chi connectivity index (χ0n) is 16.8. The van der Waals surface area contributed by atoms with Crippen LogP contribution in [0.1, 0.15) is 24.5 Å². The molecule has 0 aliphatic carbocycles. The largest absolute Gasteiger partial charge is 0.495 e. The molecule has 0 heterocycles. The Kier molecular flexibility index (Phi) is 7.45. The van der Waals surface area contributed by atoms with E-state index in [0.717, 1.165) is 29.0 Å². The fourth-order valence-electron chi connectivity index (χ4n) is 3.05. The van der Waals surface area contributed by atoms with Crippen molar-refractivity contribution >= 4 is 21.6 Å². The van der Waals surface area contributed by atoms with Crippen LogP contribution in [0.25, 0.3) is 0 Å². The minimum Gasteiger partial charge on any atom is -0.495 e. The van der Waals surface area contributed by atoms with Crippen molar-refractivity contribution in [3.63, 3.8) is 0 Å². The molecule has 2 rings (SSSR count). The third-order valence-corrected chi connectivity index (χ3v) is 5.67. The summed E-state index contributed by atoms with van der Waals surface area (Å²) in [6, 6.07) is 14.3. The van der Waals surface area contributed by atoms with Crippen LogP contribution in [-0.4, -0.2) is 40.3 Å². The van der Waals surface area contributed by atoms with E-state index in [-0.39, 0.29) is 5.91 Å². The van der Waals surface area contributed by atoms with Gasteiger partial charge >= 0.3 is 0 Å². The van der Waals surface area contributed by atoms with Gasteiger partial charge in [0.15, 0.2) is 0 Å². The molecule has 0 aliphatic heterocycles. The van der Waals surface area contributed by atoms with Gasteiger partial charge in [-0.3, -0.25) is 9.10 Å². The van der Waals surface area contributed by atoms with Crippen LogP contribution in [0, 0.1) is 6.92 Å². The van der Waals surface area contributed by atoms with Crippen LogP contribution in [0.3, 0.4) is 0 Å². The molecule has 7 heteroatoms. The molecule has 2 aromatic carbocycles. The second kappa shape index (κ2) is 9.59. The van der Waals surface area contributed by atoms with E-state index < -0.39 is 16.1 Å². The number of methoxy groups -OCH3 is 1. The van der Waals surface area contributed by atoms with Crippen molar-refractivity contribution in [3.8, 4) is 5.75 Å². The lowest BCUT2D eigenvalue weighted by atomic mass is 10.1. The van der Waals surface area contributed by atoms with Crippen molar-refractivity contribution in [2.24, 2.45) is 0 Å². The van der Waals surface area contributed by atoms with Crippen molar-refractivity contribution in [1.29, 1.82) is 0 Å². The number of anilines is 1. The van der Waals surface area contributed by atoms with E-state index in [0.29, 0.717) is 18.0 Å². The Morgan fingerprint density at radius 2 is 1.86 bits per heavy atom. The van der Waals surface area contributed by atoms with Crippen molar-refractivity contribution < 1.29 is 17.9 Å². The van der Waals surface area contributed by atoms with E-state index >= 15 is 0 Å². The maximum Gasteiger partial charge on any atom is 0.243 e. The number of nitrogens with zero attached hydrogens (tertiary/aromatic N) is 1. The number of carbonyl (C=O) groups excluding carboxylic acids is 1. The molecule has 1 unspecified atom stereocenters. The molecule has 2 aromatic rings. The molecule has 0 spiro atoms. The number of hydrogen-bond donors (Lipinski definition) is 1. The number of rotatable bonds is 9. The van der Waals surface area contributed by atoms with E-state index in [9.17, 15) is 13.2 Å². The van der Waals surface area contributed by atoms with Gasteiger partial charge in [-0.05, 0) is 49.9 Å². The van der Waals surface area contributed by atoms with Crippen LogP contribution in [-0.2, 0) is 21.2 Å². The topological polar surface area (TPSA) is 75.7 Å². The minimum absolute atomic E-state index is 0.345. The van der Waals surface area contributed by atoms with Crippen LogP contribution >= 0.6 is 0 Å². The van der Waals surface area contributed by atoms with Crippen LogP contribution in [0.4, 0.5) is 5.69 Å². The van der Waals surface area contributed by atoms with Gasteiger partial charge in [-0.1, -0.05) is 36.4 Å². The lowest BCUT2D eigenvalue weighted by molar-refractivity contribution is -0.121. The molecule has 0 aliphatic rings. The average Bonchev–Trinajstić information content (AvgIpc) is 2.65. The summed E-state index contributed by atoms with van der Waals surface area (Å²) in [6.07, 6.45) is 2.71. The summed E-state index contributed by atoms with van der Waals surface area (Å²) in [5.74, 6) is 0.0572. The Hall–Kier alpha value is -2.54. The Labute approximate surface area is 167 Å². The van der Waals surface area contributed by atoms with Crippen LogP contribution in [0.5, 0.6) is 5.75 Å². The van der Waals surface area contributed by atoms with Gasteiger partial charge in [-0.25, -0.2) is 8.42 Å². The SMILES string of the molecule is COc1ccc(C)cc1N(C(C)C(=O)NCCCc1ccccc1)S(C)(=O)=O. The van der Waals surface area contributed by atoms with Gasteiger partial charge in [0.25, 0.3) is 0 Å². The summed E-state index contributed by atoms with van der Waals surface area (Å²) in [7, 11) is -2.22. The summed E-state index contributed by atoms with van der Waals surface area (Å²) in [5.41, 5.74) is 2.43. The first-order valence-electron chi connectivity index (χ1n) is 9.19. The summed E-state index contributed by atoms with van der Waals surface area (Å²) in [4.78, 5) is 12.6. The number of amides is 1. The van der Waals surface area contributed by atoms with E-state index in [1.54, 1.807) is 19.1 Å². The molecule has 0 bridgehead atoms. The second-order valence-corrected chi connectivity index (χ2v) is 8.65. The number of aryl methyl sites for hydroxylation is 2. The van der Waals surface area contributed by atoms with Gasteiger partial charge in [-0.15, -0.1) is 0 Å². The summed E-state index contributed by atoms with van der Waals surface area (Å²) in [5, 5.41) is 2.84. The lowest BCUT2D eigenvalue weighted by Crippen LogP contribution is -2.48. The third-order valence-electron chi connectivity index (χ3n) is 4.44. The molecule has 1 N–H and O–H groups in total. The maximum atomic E-state index is 12.6. The number of ether oxygens (including phenoxy) is 1. The predicted molar refractivity (Wildman–Crippen MR) is 112 cm³/mol. The molecular formula is C21H28N2O4S. The lowest BCUT2D eigenvalue weighted by Gasteiger charge is -2.29. The highest BCUT2D eigenvalue weighted by atomic mass is 32.2. The van der Waals surface area contributed by atoms with Gasteiger partial charge in [0.1, 0.15) is 11.8 Å². The molecule has 0 aromatic heterocycles. The van der Waals surface area contributed by atoms with Crippen molar-refractivity contribution in [2.75, 3.05) is 24.2 Å². The quantitative estimate of drug-likeness (QED) is 0.652. The van der Waals surface area contributed by atoms with Gasteiger partial charge in [0.2, 0.25) is 15.9 Å². The van der Waals surface area contributed by atoms with Crippen molar-refractivity contribution in [1.82, 2.24) is 5.32 Å². The summed E-state index contributed by atoms with van der Waals surface area (Å²) < 4.78 is 31.4. The predicted octanol–water partition coefficient (Wildman–Crippen LogP) is 2.91. The molecule has 0 fully saturated rings. The summed E-state index contributed by atoms with van der Waals surface area (Å²) in [6.45, 7) is 3.91. The maximum absolute atomic E-state index is 12.6. The van der Waals surface area contributed by atoms with Crippen LogP contribution in [0.2, 0.25) is 0 Å². The highest BCUT2D eigenvalue weighted by molar-refractivity contribution is 7.92. The van der Waals surface area contributed by atoms with Gasteiger partial charge < -0.3 is 10.1 Å². The monoisotopic (exact) mass is 404 g/mol. The zero-order chi connectivity index (χ0) is 20.7. The molecule has 0 saturated carbocycles. The highest BCUT2D eigenvalue weighted by Gasteiger charge is 2.31. The number of carbonyl (C=O) groups is 1. The van der Waals surface area contributed by atoms with E-state index in [1.165, 1.54) is 12.7 Å². The van der Waals surface area contributed by atoms with Gasteiger partial charge in [0.05, 0.1) is 19.1 Å². The Morgan fingerprint density at radius 3 is 2.46 bits per heavy atom. The normalized spacial score (nSPS) is 12.3. The standard InChI is InChI=1S/C21H28N2O4S/c1-16-12-13-20(27-3)19(15-16)23(28(4,25)26)17(2)21(24)22-14-8-11-18-9-6-5-7-10-18/h5-7,9-10,12-13,15,17H,8,11,14H2,1-4H3,(H,22,24). The average molecular weight is 405 g/mol. The first kappa shape index (κ1) is 21.8. The number of sulfonamides is 1. The van der Waals surface area contributed by atoms with Crippen LogP contribution in [0.15, 0.2) is 48.5 Å². The zero-order valence-corrected chi connectivity index (χ0v) is 17.6. The highest BCUT2D eigenvalue weighted by Crippen LogP contribution is 2.32. The minimum atomic E-state index is -3.69. The Balaban J connectivity index is 2.09. The van der Waals surface area contributed by atoms with E-state index in [2.05, 4.69) is 5.32 Å². The molecular weight excluding hydrogens is 376 g/mol. The number of hydrogen-bond acceptors (Lipinski definition) is 4. The summed E-state index contributed by atoms with van der Waals surface area (Å²) >= 11 is 0. The van der Waals surface area contributed by atoms with E-state index in [1.807, 2.05) is 43.3 Å². The van der Waals surface area contributed by atoms with Gasteiger partial charge in [0, 0.05) is 6.54 Å². The molecule has 0 saturated heterocycles. The fourth-order valence-corrected chi connectivity index (χ4v) is 4.22. The first-order valence-corrected chi connectivity index (χ1v) is 11.0. The van der Waals surface area contributed by atoms with Gasteiger partial charge in [-0.2, -0.15) is 0 Å². The molecule has 1 atom stereocenters. The van der Waals surface area contributed by atoms with E-state index in [4.69, 9.17) is 4.74 Å². The Bertz CT molecular complexity index is 898. The molecule has 6 nitrogen and oxygen atoms in total. The number of benzene rings is 2. The fraction of sp³-hybridized carbons (Fsp3) is 0.381. The first-order chi connectivity index (χ1) is 13.2. The molecule has 0 radical (unpaired) electrons. The van der Waals surface area contributed by atoms with Crippen LogP contribution < -0.4 is 14.4 Å². The van der Waals surface area contributed by atoms with Crippen molar-refractivity contribution in [2.45, 2.75) is 32.7 Å². The molecule has 152 valence electrons. The molecule has 1 amide bonds. The Morgan fingerprint density at radius 1 is 1.18 bits per heavy atom. The smallest absolute Gasteiger partial charge is 0.243 e.